The summed E-state index contributed by atoms with van der Waals surface area (Å²) in [4.78, 5) is 69.6. The molecule has 290 valence electrons. The van der Waals surface area contributed by atoms with Crippen molar-refractivity contribution in [3.63, 3.8) is 0 Å². The second-order valence-electron chi connectivity index (χ2n) is 17.4. The topological polar surface area (TPSA) is 174 Å². The molecule has 0 bridgehead atoms. The summed E-state index contributed by atoms with van der Waals surface area (Å²) in [7, 11) is -2.24. The first-order valence-electron chi connectivity index (χ1n) is 18.6. The van der Waals surface area contributed by atoms with Gasteiger partial charge in [-0.1, -0.05) is 73.3 Å². The number of sulfonamides is 1. The van der Waals surface area contributed by atoms with Crippen LogP contribution in [0.1, 0.15) is 107 Å². The number of likely N-dealkylation sites (tertiary alicyclic amines) is 1. The fourth-order valence-electron chi connectivity index (χ4n) is 7.65. The number of hydrogen-bond acceptors (Lipinski definition) is 7. The summed E-state index contributed by atoms with van der Waals surface area (Å²) in [6.07, 6.45) is 6.53. The highest BCUT2D eigenvalue weighted by Crippen LogP contribution is 2.65. The van der Waals surface area contributed by atoms with E-state index < -0.39 is 68.8 Å². The van der Waals surface area contributed by atoms with Gasteiger partial charge in [0, 0.05) is 25.7 Å². The molecule has 2 aliphatic carbocycles. The van der Waals surface area contributed by atoms with E-state index in [-0.39, 0.29) is 47.8 Å². The van der Waals surface area contributed by atoms with Crippen molar-refractivity contribution in [1.82, 2.24) is 30.5 Å². The summed E-state index contributed by atoms with van der Waals surface area (Å²) in [5.41, 5.74) is -1.49. The Labute approximate surface area is 305 Å². The minimum atomic E-state index is -3.77. The van der Waals surface area contributed by atoms with Gasteiger partial charge in [-0.3, -0.25) is 19.2 Å². The number of urea groups is 1. The average molecular weight is 737 g/mol. The number of Topliss-reactive ketones (excluding diaryl/α,β-unsaturated/α-hetero) is 1. The second-order valence-corrected chi connectivity index (χ2v) is 19.5. The van der Waals surface area contributed by atoms with Crippen molar-refractivity contribution >= 4 is 39.6 Å². The van der Waals surface area contributed by atoms with Crippen LogP contribution >= 0.6 is 0 Å². The van der Waals surface area contributed by atoms with Crippen LogP contribution in [0.25, 0.3) is 0 Å². The van der Waals surface area contributed by atoms with Crippen LogP contribution < -0.4 is 21.3 Å². The number of piperidine rings is 1. The van der Waals surface area contributed by atoms with Crippen LogP contribution in [0.5, 0.6) is 0 Å². The molecule has 1 heterocycles. The molecule has 6 atom stereocenters. The third-order valence-corrected chi connectivity index (χ3v) is 13.5. The molecule has 1 aliphatic heterocycles. The zero-order valence-electron chi connectivity index (χ0n) is 32.6. The lowest BCUT2D eigenvalue weighted by Gasteiger charge is -2.38. The van der Waals surface area contributed by atoms with E-state index in [2.05, 4.69) is 41.7 Å². The van der Waals surface area contributed by atoms with Crippen LogP contribution in [0.2, 0.25) is 0 Å². The van der Waals surface area contributed by atoms with Gasteiger partial charge in [-0.2, -0.15) is 4.31 Å². The lowest BCUT2D eigenvalue weighted by Crippen LogP contribution is -2.61. The standard InChI is InChI=1S/C37H64N6O7S/c1-12-17-25(30(44)32(46)38-20-13-2)39-31(45)29-27-24(37(27,9)10)21-43(29)33(47)28(23-18-15-14-16-19-23)41-34(48)40-26(35(3,4)5)22-51(49,50)42(11)36(6,7)8/h13,23-29H,2,12,14-22H2,1,3-11H3,(H,38,46)(H,39,45)(H2,40,41,48)/t24-,25?,26+,27-,28-,29-/m0/s1. The van der Waals surface area contributed by atoms with Crippen LogP contribution in [-0.2, 0) is 29.2 Å². The monoisotopic (exact) mass is 736 g/mol. The first-order chi connectivity index (χ1) is 23.5. The van der Waals surface area contributed by atoms with E-state index in [0.717, 1.165) is 32.1 Å². The highest BCUT2D eigenvalue weighted by molar-refractivity contribution is 7.89. The Bertz CT molecular complexity index is 1430. The Kier molecular flexibility index (Phi) is 13.6. The molecule has 2 saturated carbocycles. The number of nitrogens with zero attached hydrogens (tertiary/aromatic N) is 2. The van der Waals surface area contributed by atoms with Crippen LogP contribution in [0.15, 0.2) is 12.7 Å². The van der Waals surface area contributed by atoms with Gasteiger partial charge in [0.1, 0.15) is 12.1 Å². The maximum absolute atomic E-state index is 14.6. The Morgan fingerprint density at radius 2 is 1.59 bits per heavy atom. The number of rotatable bonds is 15. The van der Waals surface area contributed by atoms with Gasteiger partial charge >= 0.3 is 6.03 Å². The molecule has 0 spiro atoms. The Morgan fingerprint density at radius 1 is 0.980 bits per heavy atom. The van der Waals surface area contributed by atoms with E-state index >= 15 is 0 Å². The molecule has 1 unspecified atom stereocenters. The van der Waals surface area contributed by atoms with Crippen LogP contribution in [-0.4, -0.2) is 103 Å². The summed E-state index contributed by atoms with van der Waals surface area (Å²) in [6.45, 7) is 20.9. The highest BCUT2D eigenvalue weighted by Gasteiger charge is 2.69. The summed E-state index contributed by atoms with van der Waals surface area (Å²) in [5.74, 6) is -3.00. The summed E-state index contributed by atoms with van der Waals surface area (Å²) >= 11 is 0. The zero-order valence-corrected chi connectivity index (χ0v) is 33.4. The molecule has 3 rings (SSSR count). The van der Waals surface area contributed by atoms with Gasteiger partial charge in [0.25, 0.3) is 5.91 Å². The van der Waals surface area contributed by atoms with E-state index in [1.165, 1.54) is 17.4 Å². The van der Waals surface area contributed by atoms with Gasteiger partial charge in [-0.25, -0.2) is 13.2 Å². The maximum atomic E-state index is 14.6. The number of amides is 5. The van der Waals surface area contributed by atoms with Crippen molar-refractivity contribution < 1.29 is 32.4 Å². The van der Waals surface area contributed by atoms with Gasteiger partial charge in [-0.15, -0.1) is 6.58 Å². The fraction of sp³-hybridized carbons (Fsp3) is 0.811. The van der Waals surface area contributed by atoms with Gasteiger partial charge in [-0.05, 0) is 68.6 Å². The molecule has 0 aromatic carbocycles. The molecule has 51 heavy (non-hydrogen) atoms. The molecule has 0 aromatic rings. The average Bonchev–Trinajstić information content (AvgIpc) is 3.34. The molecule has 5 amide bonds. The summed E-state index contributed by atoms with van der Waals surface area (Å²) in [6, 6.07) is -4.28. The number of fused-ring (bicyclic) bond motifs is 1. The molecule has 0 aromatic heterocycles. The molecule has 0 radical (unpaired) electrons. The van der Waals surface area contributed by atoms with Gasteiger partial charge in [0.15, 0.2) is 0 Å². The van der Waals surface area contributed by atoms with E-state index in [4.69, 9.17) is 0 Å². The smallest absolute Gasteiger partial charge is 0.315 e. The van der Waals surface area contributed by atoms with Crippen molar-refractivity contribution in [3.05, 3.63) is 12.7 Å². The Balaban J connectivity index is 1.88. The number of nitrogens with one attached hydrogen (secondary N) is 4. The van der Waals surface area contributed by atoms with E-state index in [9.17, 15) is 32.4 Å². The largest absolute Gasteiger partial charge is 0.346 e. The first-order valence-corrected chi connectivity index (χ1v) is 20.2. The van der Waals surface area contributed by atoms with Gasteiger partial charge in [0.2, 0.25) is 27.6 Å². The predicted molar refractivity (Wildman–Crippen MR) is 198 cm³/mol. The minimum absolute atomic E-state index is 0.0598. The van der Waals surface area contributed by atoms with Crippen molar-refractivity contribution in [2.24, 2.45) is 28.6 Å². The summed E-state index contributed by atoms with van der Waals surface area (Å²) < 4.78 is 28.1. The maximum Gasteiger partial charge on any atom is 0.315 e. The lowest BCUT2D eigenvalue weighted by atomic mass is 9.83. The van der Waals surface area contributed by atoms with E-state index in [1.807, 2.05) is 27.7 Å². The normalized spacial score (nSPS) is 23.7. The fourth-order valence-corrected chi connectivity index (χ4v) is 9.72. The Hall–Kier alpha value is -3.00. The molecule has 4 N–H and O–H groups in total. The molecule has 14 heteroatoms. The third kappa shape index (κ3) is 10.1. The summed E-state index contributed by atoms with van der Waals surface area (Å²) in [5, 5.41) is 11.1. The van der Waals surface area contributed by atoms with Crippen molar-refractivity contribution in [3.8, 4) is 0 Å². The van der Waals surface area contributed by atoms with E-state index in [1.54, 1.807) is 25.7 Å². The SMILES string of the molecule is C=CCNC(=O)C(=O)C(CCC)NC(=O)[C@@H]1[C@@H]2[C@H](CN1C(=O)[C@@H](NC(=O)N[C@H](CS(=O)(=O)N(C)C(C)(C)C)C(C)(C)C)C1CCCCC1)C2(C)C. The first kappa shape index (κ1) is 42.4. The van der Waals surface area contributed by atoms with Crippen LogP contribution in [0.4, 0.5) is 4.79 Å². The van der Waals surface area contributed by atoms with Crippen LogP contribution in [0.3, 0.4) is 0 Å². The van der Waals surface area contributed by atoms with Crippen molar-refractivity contribution in [1.29, 1.82) is 0 Å². The Morgan fingerprint density at radius 3 is 2.12 bits per heavy atom. The molecule has 13 nitrogen and oxygen atoms in total. The lowest BCUT2D eigenvalue weighted by molar-refractivity contribution is -0.144. The van der Waals surface area contributed by atoms with E-state index in [0.29, 0.717) is 13.0 Å². The van der Waals surface area contributed by atoms with Crippen molar-refractivity contribution in [2.75, 3.05) is 25.9 Å². The second kappa shape index (κ2) is 16.3. The minimum Gasteiger partial charge on any atom is -0.346 e. The quantitative estimate of drug-likeness (QED) is 0.147. The highest BCUT2D eigenvalue weighted by atomic mass is 32.2. The van der Waals surface area contributed by atoms with Gasteiger partial charge < -0.3 is 26.2 Å². The van der Waals surface area contributed by atoms with Crippen molar-refractivity contribution in [2.45, 2.75) is 137 Å². The number of carbonyl (C=O) groups excluding carboxylic acids is 5. The number of ketones is 1. The molecule has 3 fully saturated rings. The van der Waals surface area contributed by atoms with Gasteiger partial charge in [0.05, 0.1) is 17.8 Å². The predicted octanol–water partition coefficient (Wildman–Crippen LogP) is 3.35. The molecule has 3 aliphatic rings. The number of hydrogen-bond donors (Lipinski definition) is 4. The molecule has 1 saturated heterocycles. The molecular weight excluding hydrogens is 673 g/mol. The molecular formula is C37H64N6O7S. The number of carbonyl (C=O) groups is 5. The third-order valence-electron chi connectivity index (χ3n) is 11.4. The zero-order chi connectivity index (χ0) is 38.7. The van der Waals surface area contributed by atoms with Crippen LogP contribution in [0, 0.1) is 28.6 Å².